The molecule has 0 N–H and O–H groups in total. The van der Waals surface area contributed by atoms with Crippen molar-refractivity contribution in [2.24, 2.45) is 11.8 Å². The number of benzene rings is 2. The number of fused-ring (bicyclic) bond motifs is 5. The van der Waals surface area contributed by atoms with Crippen LogP contribution in [0.5, 0.6) is 0 Å². The normalized spacial score (nSPS) is 24.7. The third-order valence-electron chi connectivity index (χ3n) is 6.77. The van der Waals surface area contributed by atoms with Crippen LogP contribution in [-0.2, 0) is 9.59 Å². The molecule has 0 aliphatic carbocycles. The largest absolute Gasteiger partial charge is 0.461 e. The van der Waals surface area contributed by atoms with Crippen LogP contribution >= 0.6 is 0 Å². The van der Waals surface area contributed by atoms with Gasteiger partial charge in [-0.1, -0.05) is 30.4 Å². The van der Waals surface area contributed by atoms with Gasteiger partial charge in [0.25, 0.3) is 5.69 Å². The Balaban J connectivity index is 1.46. The first-order valence-corrected chi connectivity index (χ1v) is 10.7. The third-order valence-corrected chi connectivity index (χ3v) is 6.77. The predicted molar refractivity (Wildman–Crippen MR) is 121 cm³/mol. The van der Waals surface area contributed by atoms with Crippen LogP contribution in [0.3, 0.4) is 0 Å². The molecule has 0 unspecified atom stereocenters. The van der Waals surface area contributed by atoms with Crippen molar-refractivity contribution in [1.29, 1.82) is 0 Å². The molecule has 3 aliphatic heterocycles. The van der Waals surface area contributed by atoms with Gasteiger partial charge in [-0.25, -0.2) is 4.90 Å². The molecule has 4 atom stereocenters. The average Bonchev–Trinajstić information content (AvgIpc) is 3.55. The van der Waals surface area contributed by atoms with Gasteiger partial charge in [0.15, 0.2) is 5.76 Å². The smallest absolute Gasteiger partial charge is 0.269 e. The number of non-ortho nitro benzene ring substituents is 1. The number of rotatable bonds is 4. The Bertz CT molecular complexity index is 1380. The molecule has 9 nitrogen and oxygen atoms in total. The molecule has 2 aromatic carbocycles. The lowest BCUT2D eigenvalue weighted by atomic mass is 9.87. The fraction of sp³-hybridized carbons (Fsp3) is 0.160. The predicted octanol–water partition coefficient (Wildman–Crippen LogP) is 3.46. The number of amides is 2. The number of hydrogen-bond donors (Lipinski definition) is 0. The lowest BCUT2D eigenvalue weighted by Gasteiger charge is -2.36. The first-order chi connectivity index (χ1) is 16.5. The summed E-state index contributed by atoms with van der Waals surface area (Å²) in [5, 5.41) is 11.0. The molecule has 0 radical (unpaired) electrons. The summed E-state index contributed by atoms with van der Waals surface area (Å²) in [7, 11) is 0. The minimum absolute atomic E-state index is 0.116. The molecule has 2 amide bonds. The topological polar surface area (TPSA) is 114 Å². The zero-order valence-corrected chi connectivity index (χ0v) is 17.6. The molecule has 4 heterocycles. The van der Waals surface area contributed by atoms with Gasteiger partial charge in [-0.05, 0) is 35.9 Å². The molecule has 1 aromatic heterocycles. The summed E-state index contributed by atoms with van der Waals surface area (Å²) in [6.07, 6.45) is 5.16. The molecular formula is C25H17N3O6. The Morgan fingerprint density at radius 3 is 2.38 bits per heavy atom. The van der Waals surface area contributed by atoms with Crippen LogP contribution in [0.25, 0.3) is 6.08 Å². The van der Waals surface area contributed by atoms with Crippen molar-refractivity contribution in [2.75, 3.05) is 9.80 Å². The molecule has 3 aliphatic rings. The van der Waals surface area contributed by atoms with E-state index in [9.17, 15) is 24.5 Å². The van der Waals surface area contributed by atoms with Crippen molar-refractivity contribution in [1.82, 2.24) is 0 Å². The fourth-order valence-corrected chi connectivity index (χ4v) is 5.36. The van der Waals surface area contributed by atoms with E-state index >= 15 is 0 Å². The Kier molecular flexibility index (Phi) is 4.28. The monoisotopic (exact) mass is 455 g/mol. The van der Waals surface area contributed by atoms with Crippen LogP contribution in [0.2, 0.25) is 0 Å². The minimum Gasteiger partial charge on any atom is -0.461 e. The number of carbonyl (C=O) groups excluding carboxylic acids is 3. The molecule has 0 saturated carbocycles. The number of anilines is 2. The van der Waals surface area contributed by atoms with Gasteiger partial charge >= 0.3 is 0 Å². The molecule has 3 aromatic rings. The van der Waals surface area contributed by atoms with Gasteiger partial charge in [0, 0.05) is 17.8 Å². The molecular weight excluding hydrogens is 438 g/mol. The maximum Gasteiger partial charge on any atom is 0.269 e. The second-order valence-corrected chi connectivity index (χ2v) is 8.44. The van der Waals surface area contributed by atoms with Crippen molar-refractivity contribution in [3.8, 4) is 0 Å². The van der Waals surface area contributed by atoms with Crippen LogP contribution in [0.4, 0.5) is 17.1 Å². The van der Waals surface area contributed by atoms with E-state index in [1.54, 1.807) is 12.1 Å². The number of imide groups is 1. The Morgan fingerprint density at radius 1 is 0.941 bits per heavy atom. The zero-order valence-electron chi connectivity index (χ0n) is 17.6. The number of carbonyl (C=O) groups is 3. The molecule has 0 bridgehead atoms. The van der Waals surface area contributed by atoms with Crippen LogP contribution in [0.15, 0.2) is 77.4 Å². The van der Waals surface area contributed by atoms with Gasteiger partial charge in [0.05, 0.1) is 34.8 Å². The zero-order chi connectivity index (χ0) is 23.6. The maximum atomic E-state index is 13.7. The van der Waals surface area contributed by atoms with E-state index in [4.69, 9.17) is 4.42 Å². The van der Waals surface area contributed by atoms with Gasteiger partial charge in [-0.15, -0.1) is 0 Å². The van der Waals surface area contributed by atoms with E-state index in [0.29, 0.717) is 0 Å². The van der Waals surface area contributed by atoms with Gasteiger partial charge in [0.2, 0.25) is 17.6 Å². The highest BCUT2D eigenvalue weighted by Gasteiger charge is 2.64. The van der Waals surface area contributed by atoms with Gasteiger partial charge in [-0.3, -0.25) is 24.5 Å². The van der Waals surface area contributed by atoms with Crippen molar-refractivity contribution < 1.29 is 23.7 Å². The molecule has 6 rings (SSSR count). The second kappa shape index (κ2) is 7.24. The Hall–Kier alpha value is -4.53. The lowest BCUT2D eigenvalue weighted by Crippen LogP contribution is -2.48. The summed E-state index contributed by atoms with van der Waals surface area (Å²) < 4.78 is 5.37. The molecule has 9 heteroatoms. The van der Waals surface area contributed by atoms with E-state index in [-0.39, 0.29) is 22.9 Å². The average molecular weight is 455 g/mol. The van der Waals surface area contributed by atoms with Crippen molar-refractivity contribution >= 4 is 40.7 Å². The summed E-state index contributed by atoms with van der Waals surface area (Å²) in [5.41, 5.74) is 1.76. The number of nitrogens with zero attached hydrogens (tertiary/aromatic N) is 3. The summed E-state index contributed by atoms with van der Waals surface area (Å²) in [4.78, 5) is 54.3. The summed E-state index contributed by atoms with van der Waals surface area (Å²) in [6, 6.07) is 14.5. The van der Waals surface area contributed by atoms with Crippen molar-refractivity contribution in [3.63, 3.8) is 0 Å². The van der Waals surface area contributed by atoms with Crippen LogP contribution in [0.1, 0.15) is 16.1 Å². The number of hydrogen-bond acceptors (Lipinski definition) is 7. The number of nitro benzene ring substituents is 1. The summed E-state index contributed by atoms with van der Waals surface area (Å²) >= 11 is 0. The van der Waals surface area contributed by atoms with Crippen LogP contribution in [0, 0.1) is 22.0 Å². The fourth-order valence-electron chi connectivity index (χ4n) is 5.36. The highest BCUT2D eigenvalue weighted by atomic mass is 16.6. The van der Waals surface area contributed by atoms with Crippen LogP contribution in [-0.4, -0.2) is 34.6 Å². The van der Waals surface area contributed by atoms with Crippen molar-refractivity contribution in [3.05, 3.63) is 94.4 Å². The second-order valence-electron chi connectivity index (χ2n) is 8.44. The quantitative estimate of drug-likeness (QED) is 0.256. The summed E-state index contributed by atoms with van der Waals surface area (Å²) in [5.74, 6) is -2.91. The van der Waals surface area contributed by atoms with E-state index in [2.05, 4.69) is 0 Å². The molecule has 2 fully saturated rings. The standard InChI is InChI=1S/C25H17N3O6/c29-23(19-6-3-13-34-19)22-21-20(18-12-7-14-4-1-2-5-17(14)27(18)22)24(30)26(25(21)31)15-8-10-16(11-9-15)28(32)33/h1-13,18,20-22H/t18-,20-,21+,22-/m0/s1. The lowest BCUT2D eigenvalue weighted by molar-refractivity contribution is -0.384. The highest BCUT2D eigenvalue weighted by Crippen LogP contribution is 2.49. The summed E-state index contributed by atoms with van der Waals surface area (Å²) in [6.45, 7) is 0. The molecule has 34 heavy (non-hydrogen) atoms. The molecule has 0 spiro atoms. The van der Waals surface area contributed by atoms with E-state index in [1.807, 2.05) is 41.3 Å². The third kappa shape index (κ3) is 2.70. The molecule has 2 saturated heterocycles. The first-order valence-electron chi connectivity index (χ1n) is 10.7. The first kappa shape index (κ1) is 20.1. The van der Waals surface area contributed by atoms with E-state index in [0.717, 1.165) is 16.2 Å². The number of furan rings is 1. The molecule has 168 valence electrons. The van der Waals surface area contributed by atoms with Crippen molar-refractivity contribution in [2.45, 2.75) is 12.1 Å². The maximum absolute atomic E-state index is 13.7. The number of para-hydroxylation sites is 1. The van der Waals surface area contributed by atoms with Gasteiger partial charge in [-0.2, -0.15) is 0 Å². The SMILES string of the molecule is O=C(c1ccco1)[C@@H]1[C@@H]2C(=O)N(c3ccc([N+](=O)[O-])cc3)C(=O)[C@H]2[C@@H]2C=Cc3ccccc3N12. The Morgan fingerprint density at radius 2 is 1.68 bits per heavy atom. The number of Topliss-reactive ketones (excluding diaryl/α,β-unsaturated/α-hetero) is 1. The number of ketones is 1. The Labute approximate surface area is 193 Å². The number of nitro groups is 1. The van der Waals surface area contributed by atoms with Gasteiger partial charge in [0.1, 0.15) is 6.04 Å². The van der Waals surface area contributed by atoms with Crippen LogP contribution < -0.4 is 9.80 Å². The highest BCUT2D eigenvalue weighted by molar-refractivity contribution is 6.25. The van der Waals surface area contributed by atoms with E-state index < -0.39 is 40.7 Å². The minimum atomic E-state index is -0.938. The van der Waals surface area contributed by atoms with Gasteiger partial charge < -0.3 is 9.32 Å². The van der Waals surface area contributed by atoms with E-state index in [1.165, 1.54) is 30.5 Å².